The van der Waals surface area contributed by atoms with E-state index < -0.39 is 0 Å². The first-order valence-electron chi connectivity index (χ1n) is 7.21. The second-order valence-electron chi connectivity index (χ2n) is 5.59. The average Bonchev–Trinajstić information content (AvgIpc) is 2.43. The van der Waals surface area contributed by atoms with Gasteiger partial charge in [-0.3, -0.25) is 4.79 Å². The summed E-state index contributed by atoms with van der Waals surface area (Å²) >= 11 is 0. The van der Waals surface area contributed by atoms with E-state index in [4.69, 9.17) is 0 Å². The van der Waals surface area contributed by atoms with Gasteiger partial charge in [0.15, 0.2) is 0 Å². The van der Waals surface area contributed by atoms with E-state index in [9.17, 15) is 4.79 Å². The van der Waals surface area contributed by atoms with Crippen molar-refractivity contribution in [2.75, 3.05) is 11.9 Å². The first-order chi connectivity index (χ1) is 9.10. The van der Waals surface area contributed by atoms with Gasteiger partial charge in [-0.15, -0.1) is 0 Å². The maximum absolute atomic E-state index is 12.3. The van der Waals surface area contributed by atoms with E-state index in [1.54, 1.807) is 0 Å². The van der Waals surface area contributed by atoms with Crippen molar-refractivity contribution in [3.05, 3.63) is 29.3 Å². The van der Waals surface area contributed by atoms with Crippen LogP contribution in [0.2, 0.25) is 0 Å². The highest BCUT2D eigenvalue weighted by Crippen LogP contribution is 2.21. The Morgan fingerprint density at radius 3 is 2.84 bits per heavy atom. The summed E-state index contributed by atoms with van der Waals surface area (Å²) in [4.78, 5) is 12.3. The number of hydrogen-bond donors (Lipinski definition) is 2. The van der Waals surface area contributed by atoms with Crippen LogP contribution in [0.5, 0.6) is 0 Å². The van der Waals surface area contributed by atoms with Crippen LogP contribution in [0, 0.1) is 19.8 Å². The Morgan fingerprint density at radius 1 is 1.37 bits per heavy atom. The Labute approximate surface area is 115 Å². The molecule has 0 aliphatic carbocycles. The van der Waals surface area contributed by atoms with Crippen molar-refractivity contribution in [2.24, 2.45) is 5.92 Å². The molecule has 0 aromatic heterocycles. The van der Waals surface area contributed by atoms with Crippen LogP contribution in [0.3, 0.4) is 0 Å². The number of aryl methyl sites for hydroxylation is 2. The molecule has 19 heavy (non-hydrogen) atoms. The SMILES string of the molecule is CCC1CCNC(C(=O)Nc2ccc(C)c(C)c2)C1. The molecule has 104 valence electrons. The van der Waals surface area contributed by atoms with Crippen molar-refractivity contribution in [3.8, 4) is 0 Å². The maximum Gasteiger partial charge on any atom is 0.241 e. The van der Waals surface area contributed by atoms with Gasteiger partial charge < -0.3 is 10.6 Å². The van der Waals surface area contributed by atoms with E-state index in [-0.39, 0.29) is 11.9 Å². The summed E-state index contributed by atoms with van der Waals surface area (Å²) in [7, 11) is 0. The lowest BCUT2D eigenvalue weighted by Crippen LogP contribution is -2.46. The van der Waals surface area contributed by atoms with Crippen LogP contribution in [-0.4, -0.2) is 18.5 Å². The molecule has 1 fully saturated rings. The van der Waals surface area contributed by atoms with Gasteiger partial charge in [0.1, 0.15) is 0 Å². The summed E-state index contributed by atoms with van der Waals surface area (Å²) in [6, 6.07) is 6.02. The minimum Gasteiger partial charge on any atom is -0.325 e. The van der Waals surface area contributed by atoms with E-state index in [0.29, 0.717) is 5.92 Å². The molecule has 2 unspecified atom stereocenters. The number of piperidine rings is 1. The minimum atomic E-state index is -0.0414. The van der Waals surface area contributed by atoms with Gasteiger partial charge in [0.05, 0.1) is 6.04 Å². The molecule has 1 aliphatic rings. The summed E-state index contributed by atoms with van der Waals surface area (Å²) in [5.41, 5.74) is 3.36. The van der Waals surface area contributed by atoms with Crippen LogP contribution >= 0.6 is 0 Å². The van der Waals surface area contributed by atoms with Gasteiger partial charge >= 0.3 is 0 Å². The zero-order valence-electron chi connectivity index (χ0n) is 12.1. The molecular formula is C16H24N2O. The Hall–Kier alpha value is -1.35. The molecule has 1 amide bonds. The van der Waals surface area contributed by atoms with Crippen LogP contribution < -0.4 is 10.6 Å². The second-order valence-corrected chi connectivity index (χ2v) is 5.59. The predicted octanol–water partition coefficient (Wildman–Crippen LogP) is 3.02. The fraction of sp³-hybridized carbons (Fsp3) is 0.562. The smallest absolute Gasteiger partial charge is 0.241 e. The quantitative estimate of drug-likeness (QED) is 0.877. The van der Waals surface area contributed by atoms with Crippen molar-refractivity contribution in [1.29, 1.82) is 0 Å². The number of anilines is 1. The number of rotatable bonds is 3. The zero-order chi connectivity index (χ0) is 13.8. The van der Waals surface area contributed by atoms with Gasteiger partial charge in [0.2, 0.25) is 5.91 Å². The Kier molecular flexibility index (Phi) is 4.59. The summed E-state index contributed by atoms with van der Waals surface area (Å²) in [6.07, 6.45) is 3.30. The van der Waals surface area contributed by atoms with Crippen LogP contribution in [0.4, 0.5) is 5.69 Å². The molecule has 3 heteroatoms. The number of carbonyl (C=O) groups excluding carboxylic acids is 1. The number of nitrogens with one attached hydrogen (secondary N) is 2. The molecule has 1 aromatic rings. The van der Waals surface area contributed by atoms with E-state index in [1.165, 1.54) is 17.5 Å². The summed E-state index contributed by atoms with van der Waals surface area (Å²) in [5.74, 6) is 0.776. The van der Waals surface area contributed by atoms with Crippen molar-refractivity contribution >= 4 is 11.6 Å². The third kappa shape index (κ3) is 3.57. The van der Waals surface area contributed by atoms with Gasteiger partial charge in [-0.25, -0.2) is 0 Å². The maximum atomic E-state index is 12.3. The normalized spacial score (nSPS) is 23.1. The van der Waals surface area contributed by atoms with Gasteiger partial charge in [0, 0.05) is 5.69 Å². The molecule has 2 atom stereocenters. The van der Waals surface area contributed by atoms with Crippen molar-refractivity contribution in [2.45, 2.75) is 46.1 Å². The molecule has 2 N–H and O–H groups in total. The third-order valence-corrected chi connectivity index (χ3v) is 4.18. The van der Waals surface area contributed by atoms with Gasteiger partial charge in [-0.1, -0.05) is 19.4 Å². The lowest BCUT2D eigenvalue weighted by molar-refractivity contribution is -0.119. The second kappa shape index (κ2) is 6.20. The molecule has 1 aliphatic heterocycles. The Bertz CT molecular complexity index is 456. The Balaban J connectivity index is 1.98. The molecular weight excluding hydrogens is 236 g/mol. The predicted molar refractivity (Wildman–Crippen MR) is 79.4 cm³/mol. The van der Waals surface area contributed by atoms with Gasteiger partial charge in [0.25, 0.3) is 0 Å². The van der Waals surface area contributed by atoms with Crippen LogP contribution in [0.1, 0.15) is 37.3 Å². The molecule has 3 nitrogen and oxygen atoms in total. The van der Waals surface area contributed by atoms with Gasteiger partial charge in [-0.05, 0) is 62.4 Å². The molecule has 1 aromatic carbocycles. The third-order valence-electron chi connectivity index (χ3n) is 4.18. The number of benzene rings is 1. The summed E-state index contributed by atoms with van der Waals surface area (Å²) in [5, 5.41) is 6.34. The fourth-order valence-electron chi connectivity index (χ4n) is 2.62. The highest BCUT2D eigenvalue weighted by molar-refractivity contribution is 5.95. The zero-order valence-corrected chi connectivity index (χ0v) is 12.1. The molecule has 0 radical (unpaired) electrons. The van der Waals surface area contributed by atoms with E-state index >= 15 is 0 Å². The highest BCUT2D eigenvalue weighted by Gasteiger charge is 2.25. The Morgan fingerprint density at radius 2 is 2.16 bits per heavy atom. The van der Waals surface area contributed by atoms with Gasteiger partial charge in [-0.2, -0.15) is 0 Å². The first-order valence-corrected chi connectivity index (χ1v) is 7.21. The average molecular weight is 260 g/mol. The van der Waals surface area contributed by atoms with Crippen molar-refractivity contribution in [3.63, 3.8) is 0 Å². The van der Waals surface area contributed by atoms with Crippen LogP contribution in [-0.2, 0) is 4.79 Å². The summed E-state index contributed by atoms with van der Waals surface area (Å²) in [6.45, 7) is 7.30. The van der Waals surface area contributed by atoms with E-state index in [0.717, 1.165) is 25.1 Å². The van der Waals surface area contributed by atoms with Crippen LogP contribution in [0.15, 0.2) is 18.2 Å². The van der Waals surface area contributed by atoms with Crippen molar-refractivity contribution < 1.29 is 4.79 Å². The fourth-order valence-corrected chi connectivity index (χ4v) is 2.62. The number of hydrogen-bond acceptors (Lipinski definition) is 2. The van der Waals surface area contributed by atoms with E-state index in [1.807, 2.05) is 18.2 Å². The highest BCUT2D eigenvalue weighted by atomic mass is 16.2. The standard InChI is InChI=1S/C16H24N2O/c1-4-13-7-8-17-15(10-13)16(19)18-14-6-5-11(2)12(3)9-14/h5-6,9,13,15,17H,4,7-8,10H2,1-3H3,(H,18,19). The minimum absolute atomic E-state index is 0.0414. The van der Waals surface area contributed by atoms with Crippen molar-refractivity contribution in [1.82, 2.24) is 5.32 Å². The molecule has 0 bridgehead atoms. The molecule has 0 spiro atoms. The first kappa shape index (κ1) is 14.1. The molecule has 1 saturated heterocycles. The molecule has 0 saturated carbocycles. The number of carbonyl (C=O) groups is 1. The largest absolute Gasteiger partial charge is 0.325 e. The number of amides is 1. The lowest BCUT2D eigenvalue weighted by Gasteiger charge is -2.28. The topological polar surface area (TPSA) is 41.1 Å². The van der Waals surface area contributed by atoms with E-state index in [2.05, 4.69) is 31.4 Å². The summed E-state index contributed by atoms with van der Waals surface area (Å²) < 4.78 is 0. The lowest BCUT2D eigenvalue weighted by atomic mass is 9.90. The molecule has 2 rings (SSSR count). The van der Waals surface area contributed by atoms with Crippen LogP contribution in [0.25, 0.3) is 0 Å². The molecule has 1 heterocycles. The monoisotopic (exact) mass is 260 g/mol.